The van der Waals surface area contributed by atoms with Crippen molar-refractivity contribution >= 4 is 29.4 Å². The molecule has 2 atom stereocenters. The normalized spacial score (nSPS) is 13.5. The van der Waals surface area contributed by atoms with E-state index < -0.39 is 24.2 Å². The van der Waals surface area contributed by atoms with Crippen molar-refractivity contribution in [3.05, 3.63) is 83.8 Å². The van der Waals surface area contributed by atoms with Gasteiger partial charge in [-0.15, -0.1) is 12.6 Å². The van der Waals surface area contributed by atoms with Crippen LogP contribution in [-0.4, -0.2) is 27.9 Å². The Balaban J connectivity index is 1.67. The fourth-order valence-corrected chi connectivity index (χ4v) is 4.12. The first-order valence-corrected chi connectivity index (χ1v) is 11.1. The van der Waals surface area contributed by atoms with E-state index in [0.29, 0.717) is 27.3 Å². The van der Waals surface area contributed by atoms with Crippen molar-refractivity contribution in [3.8, 4) is 11.4 Å². The van der Waals surface area contributed by atoms with Crippen molar-refractivity contribution in [2.45, 2.75) is 37.1 Å². The van der Waals surface area contributed by atoms with Gasteiger partial charge in [-0.2, -0.15) is 18.3 Å². The van der Waals surface area contributed by atoms with Crippen molar-refractivity contribution in [1.29, 1.82) is 0 Å². The monoisotopic (exact) mass is 503 g/mol. The Morgan fingerprint density at radius 1 is 1.09 bits per heavy atom. The maximum Gasteiger partial charge on any atom is 0.471 e. The number of nitrogens with one attached hydrogen (secondary N) is 1. The van der Waals surface area contributed by atoms with Crippen LogP contribution < -0.4 is 10.1 Å². The number of fused-ring (bicyclic) bond motifs is 1. The molecule has 0 radical (unpaired) electrons. The van der Waals surface area contributed by atoms with Gasteiger partial charge in [0.15, 0.2) is 0 Å². The molecule has 0 fully saturated rings. The molecular weight excluding hydrogens is 482 g/mol. The highest BCUT2D eigenvalue weighted by Crippen LogP contribution is 2.32. The van der Waals surface area contributed by atoms with Crippen LogP contribution in [0.1, 0.15) is 24.2 Å². The summed E-state index contributed by atoms with van der Waals surface area (Å²) < 4.78 is 59.7. The molecule has 182 valence electrons. The van der Waals surface area contributed by atoms with E-state index >= 15 is 0 Å². The number of alkyl halides is 3. The molecule has 0 aliphatic rings. The molecule has 1 amide bonds. The van der Waals surface area contributed by atoms with Gasteiger partial charge in [-0.05, 0) is 62.4 Å². The summed E-state index contributed by atoms with van der Waals surface area (Å²) >= 11 is 4.47. The predicted molar refractivity (Wildman–Crippen MR) is 126 cm³/mol. The molecular formula is C25H21F4N3O2S. The minimum absolute atomic E-state index is 0.363. The lowest BCUT2D eigenvalue weighted by molar-refractivity contribution is -0.174. The molecule has 10 heteroatoms. The van der Waals surface area contributed by atoms with E-state index in [1.54, 1.807) is 59.4 Å². The van der Waals surface area contributed by atoms with Gasteiger partial charge in [0.05, 0.1) is 23.4 Å². The third-order valence-electron chi connectivity index (χ3n) is 5.44. The Morgan fingerprint density at radius 3 is 2.46 bits per heavy atom. The molecule has 0 saturated carbocycles. The lowest BCUT2D eigenvalue weighted by Crippen LogP contribution is -2.45. The van der Waals surface area contributed by atoms with Crippen molar-refractivity contribution in [2.75, 3.05) is 0 Å². The Kier molecular flexibility index (Phi) is 6.75. The zero-order valence-electron chi connectivity index (χ0n) is 18.7. The Morgan fingerprint density at radius 2 is 1.80 bits per heavy atom. The third kappa shape index (κ3) is 5.43. The zero-order valence-corrected chi connectivity index (χ0v) is 19.6. The van der Waals surface area contributed by atoms with E-state index in [9.17, 15) is 22.4 Å². The summed E-state index contributed by atoms with van der Waals surface area (Å²) in [4.78, 5) is 12.1. The number of benzene rings is 3. The molecule has 3 aromatic carbocycles. The topological polar surface area (TPSA) is 56.1 Å². The largest absolute Gasteiger partial charge is 0.484 e. The van der Waals surface area contributed by atoms with Gasteiger partial charge < -0.3 is 10.1 Å². The third-order valence-corrected chi connectivity index (χ3v) is 5.82. The molecule has 35 heavy (non-hydrogen) atoms. The van der Waals surface area contributed by atoms with Crippen LogP contribution in [-0.2, 0) is 4.79 Å². The van der Waals surface area contributed by atoms with Crippen LogP contribution in [0.5, 0.6) is 5.75 Å². The van der Waals surface area contributed by atoms with Gasteiger partial charge in [0.1, 0.15) is 17.7 Å². The number of halogens is 4. The number of carbonyl (C=O) groups is 1. The van der Waals surface area contributed by atoms with E-state index in [-0.39, 0.29) is 5.82 Å². The zero-order chi connectivity index (χ0) is 25.3. The predicted octanol–water partition coefficient (Wildman–Crippen LogP) is 5.95. The summed E-state index contributed by atoms with van der Waals surface area (Å²) in [5.41, 5.74) is 2.83. The number of hydrogen-bond acceptors (Lipinski definition) is 4. The number of ether oxygens (including phenoxy) is 1. The number of rotatable bonds is 6. The molecule has 1 heterocycles. The number of hydrogen-bond donors (Lipinski definition) is 2. The van der Waals surface area contributed by atoms with Crippen LogP contribution in [0.2, 0.25) is 0 Å². The Hall–Kier alpha value is -3.53. The molecule has 0 aliphatic carbocycles. The minimum Gasteiger partial charge on any atom is -0.484 e. The molecule has 4 rings (SSSR count). The summed E-state index contributed by atoms with van der Waals surface area (Å²) in [7, 11) is 0. The van der Waals surface area contributed by atoms with E-state index in [4.69, 9.17) is 4.74 Å². The van der Waals surface area contributed by atoms with Crippen molar-refractivity contribution in [3.63, 3.8) is 0 Å². The maximum absolute atomic E-state index is 13.3. The first kappa shape index (κ1) is 24.6. The van der Waals surface area contributed by atoms with Gasteiger partial charge >= 0.3 is 12.1 Å². The minimum atomic E-state index is -5.02. The summed E-state index contributed by atoms with van der Waals surface area (Å²) in [6.45, 7) is 3.30. The van der Waals surface area contributed by atoms with Crippen LogP contribution in [0, 0.1) is 12.7 Å². The molecule has 0 spiro atoms. The first-order valence-electron chi connectivity index (χ1n) is 10.6. The molecule has 5 nitrogen and oxygen atoms in total. The fraction of sp³-hybridized carbons (Fsp3) is 0.200. The van der Waals surface area contributed by atoms with E-state index in [1.807, 2.05) is 12.2 Å². The quantitative estimate of drug-likeness (QED) is 0.253. The fourth-order valence-electron chi connectivity index (χ4n) is 3.71. The highest BCUT2D eigenvalue weighted by atomic mass is 32.1. The highest BCUT2D eigenvalue weighted by Gasteiger charge is 2.40. The number of aromatic nitrogens is 2. The Labute approximate surface area is 204 Å². The number of thiol groups is 1. The molecule has 1 aromatic heterocycles. The van der Waals surface area contributed by atoms with Gasteiger partial charge in [-0.1, -0.05) is 17.7 Å². The molecule has 0 unspecified atom stereocenters. The second-order valence-electron chi connectivity index (χ2n) is 8.11. The van der Waals surface area contributed by atoms with Crippen LogP contribution in [0.3, 0.4) is 0 Å². The Bertz CT molecular complexity index is 1370. The number of carbonyl (C=O) groups excluding carboxylic acids is 1. The molecule has 0 saturated heterocycles. The van der Waals surface area contributed by atoms with Gasteiger partial charge in [0, 0.05) is 15.8 Å². The second kappa shape index (κ2) is 9.61. The summed E-state index contributed by atoms with van der Waals surface area (Å²) in [5.74, 6) is -2.05. The van der Waals surface area contributed by atoms with Gasteiger partial charge in [-0.3, -0.25) is 4.79 Å². The number of aryl methyl sites for hydroxylation is 1. The van der Waals surface area contributed by atoms with E-state index in [2.05, 4.69) is 17.7 Å². The lowest BCUT2D eigenvalue weighted by Gasteiger charge is -2.28. The van der Waals surface area contributed by atoms with E-state index in [1.165, 1.54) is 19.1 Å². The van der Waals surface area contributed by atoms with Gasteiger partial charge in [-0.25, -0.2) is 9.07 Å². The van der Waals surface area contributed by atoms with Crippen molar-refractivity contribution in [2.24, 2.45) is 0 Å². The SMILES string of the molecule is Cc1ccc([C@@H](Oc2ccc3c(cnn3-c3ccc(F)cc3)c2)[C@H](C)NC(=O)C(F)(F)F)c(S)c1. The molecule has 0 bridgehead atoms. The molecule has 1 N–H and O–H groups in total. The van der Waals surface area contributed by atoms with Crippen LogP contribution in [0.15, 0.2) is 71.8 Å². The summed E-state index contributed by atoms with van der Waals surface area (Å²) in [5, 5.41) is 7.02. The van der Waals surface area contributed by atoms with Crippen molar-refractivity contribution in [1.82, 2.24) is 15.1 Å². The summed E-state index contributed by atoms with van der Waals surface area (Å²) in [6.07, 6.45) is -4.38. The maximum atomic E-state index is 13.3. The number of amides is 1. The number of nitrogens with zero attached hydrogens (tertiary/aromatic N) is 2. The van der Waals surface area contributed by atoms with Gasteiger partial charge in [0.2, 0.25) is 0 Å². The first-order chi connectivity index (χ1) is 16.5. The standard InChI is InChI=1S/C25H21F4N3O2S/c1-14-3-9-20(22(35)11-14)23(15(2)31-24(33)25(27,28)29)34-19-8-10-21-16(12-19)13-30-32(21)18-6-4-17(26)5-7-18/h3-13,15,23,35H,1-2H3,(H,31,33)/t15-,23-/m0/s1. The lowest BCUT2D eigenvalue weighted by atomic mass is 10.0. The van der Waals surface area contributed by atoms with Crippen molar-refractivity contribution < 1.29 is 27.1 Å². The summed E-state index contributed by atoms with van der Waals surface area (Å²) in [6, 6.07) is 15.2. The van der Waals surface area contributed by atoms with Crippen LogP contribution in [0.4, 0.5) is 17.6 Å². The smallest absolute Gasteiger partial charge is 0.471 e. The van der Waals surface area contributed by atoms with Gasteiger partial charge in [0.25, 0.3) is 0 Å². The van der Waals surface area contributed by atoms with Crippen LogP contribution >= 0.6 is 12.6 Å². The average Bonchev–Trinajstić information content (AvgIpc) is 3.21. The van der Waals surface area contributed by atoms with E-state index in [0.717, 1.165) is 11.1 Å². The highest BCUT2D eigenvalue weighted by molar-refractivity contribution is 7.80. The average molecular weight is 504 g/mol. The molecule has 4 aromatic rings. The molecule has 0 aliphatic heterocycles. The second-order valence-corrected chi connectivity index (χ2v) is 8.60. The van der Waals surface area contributed by atoms with Crippen LogP contribution in [0.25, 0.3) is 16.6 Å².